The minimum absolute atomic E-state index is 0.131. The van der Waals surface area contributed by atoms with Crippen LogP contribution in [0.4, 0.5) is 0 Å². The summed E-state index contributed by atoms with van der Waals surface area (Å²) in [5.41, 5.74) is 2.24. The van der Waals surface area contributed by atoms with Crippen LogP contribution >= 0.6 is 0 Å². The molecule has 0 aliphatic rings. The molecule has 7 nitrogen and oxygen atoms in total. The van der Waals surface area contributed by atoms with Gasteiger partial charge in [-0.3, -0.25) is 4.98 Å². The van der Waals surface area contributed by atoms with Gasteiger partial charge in [0.25, 0.3) is 0 Å². The molecule has 0 radical (unpaired) electrons. The van der Waals surface area contributed by atoms with Gasteiger partial charge in [-0.2, -0.15) is 4.98 Å². The van der Waals surface area contributed by atoms with Crippen LogP contribution in [0.15, 0.2) is 41.1 Å². The van der Waals surface area contributed by atoms with Gasteiger partial charge in [0, 0.05) is 24.2 Å². The Bertz CT molecular complexity index is 856. The van der Waals surface area contributed by atoms with Gasteiger partial charge in [0.1, 0.15) is 5.75 Å². The van der Waals surface area contributed by atoms with Crippen molar-refractivity contribution in [3.05, 3.63) is 48.0 Å². The van der Waals surface area contributed by atoms with E-state index >= 15 is 0 Å². The highest BCUT2D eigenvalue weighted by molar-refractivity contribution is 5.87. The van der Waals surface area contributed by atoms with Crippen LogP contribution in [0.25, 0.3) is 22.6 Å². The highest BCUT2D eigenvalue weighted by Gasteiger charge is 2.13. The number of benzene rings is 1. The van der Waals surface area contributed by atoms with Gasteiger partial charge in [-0.15, -0.1) is 0 Å². The molecule has 1 aromatic carbocycles. The molecule has 0 bridgehead atoms. The molecule has 0 aliphatic carbocycles. The normalized spacial score (nSPS) is 10.5. The Hall–Kier alpha value is -3.22. The molecule has 7 heteroatoms. The van der Waals surface area contributed by atoms with E-state index in [0.29, 0.717) is 23.2 Å². The zero-order chi connectivity index (χ0) is 16.4. The summed E-state index contributed by atoms with van der Waals surface area (Å²) in [7, 11) is 1.55. The SMILES string of the molecule is COc1cc(-c2noc(C)n2)ccc1-c1ccc(C(=O)O)cn1. The minimum atomic E-state index is -1.01. The average molecular weight is 311 g/mol. The smallest absolute Gasteiger partial charge is 0.337 e. The zero-order valence-corrected chi connectivity index (χ0v) is 12.5. The predicted molar refractivity (Wildman–Crippen MR) is 81.2 cm³/mol. The Kier molecular flexibility index (Phi) is 3.76. The van der Waals surface area contributed by atoms with E-state index in [-0.39, 0.29) is 5.56 Å². The fourth-order valence-corrected chi connectivity index (χ4v) is 2.14. The second-order valence-electron chi connectivity index (χ2n) is 4.79. The number of aryl methyl sites for hydroxylation is 1. The molecule has 0 unspecified atom stereocenters. The summed E-state index contributed by atoms with van der Waals surface area (Å²) in [5, 5.41) is 12.8. The van der Waals surface area contributed by atoms with Crippen molar-refractivity contribution in [3.63, 3.8) is 0 Å². The van der Waals surface area contributed by atoms with E-state index in [1.54, 1.807) is 26.2 Å². The molecule has 0 amide bonds. The lowest BCUT2D eigenvalue weighted by Gasteiger charge is -2.09. The molecular weight excluding hydrogens is 298 g/mol. The topological polar surface area (TPSA) is 98.3 Å². The van der Waals surface area contributed by atoms with Gasteiger partial charge >= 0.3 is 5.97 Å². The highest BCUT2D eigenvalue weighted by Crippen LogP contribution is 2.32. The van der Waals surface area contributed by atoms with Gasteiger partial charge in [-0.1, -0.05) is 11.2 Å². The number of aromatic nitrogens is 3. The molecule has 0 spiro atoms. The summed E-state index contributed by atoms with van der Waals surface area (Å²) >= 11 is 0. The second kappa shape index (κ2) is 5.88. The number of rotatable bonds is 4. The molecule has 1 N–H and O–H groups in total. The maximum Gasteiger partial charge on any atom is 0.337 e. The molecule has 2 heterocycles. The summed E-state index contributed by atoms with van der Waals surface area (Å²) < 4.78 is 10.4. The Morgan fingerprint density at radius 1 is 1.26 bits per heavy atom. The predicted octanol–water partition coefficient (Wildman–Crippen LogP) is 2.81. The maximum absolute atomic E-state index is 10.9. The Morgan fingerprint density at radius 3 is 2.65 bits per heavy atom. The van der Waals surface area contributed by atoms with Gasteiger partial charge in [0.05, 0.1) is 18.4 Å². The monoisotopic (exact) mass is 311 g/mol. The summed E-state index contributed by atoms with van der Waals surface area (Å²) in [5.74, 6) is 0.523. The lowest BCUT2D eigenvalue weighted by molar-refractivity contribution is 0.0696. The molecule has 3 aromatic rings. The van der Waals surface area contributed by atoms with Crippen LogP contribution in [0.2, 0.25) is 0 Å². The van der Waals surface area contributed by atoms with E-state index in [2.05, 4.69) is 15.1 Å². The lowest BCUT2D eigenvalue weighted by Crippen LogP contribution is -1.98. The number of carboxylic acid groups (broad SMARTS) is 1. The molecule has 2 aromatic heterocycles. The van der Waals surface area contributed by atoms with Crippen molar-refractivity contribution in [2.45, 2.75) is 6.92 Å². The van der Waals surface area contributed by atoms with Crippen LogP contribution < -0.4 is 4.74 Å². The Balaban J connectivity index is 2.01. The van der Waals surface area contributed by atoms with Crippen LogP contribution in [-0.2, 0) is 0 Å². The molecule has 23 heavy (non-hydrogen) atoms. The molecule has 0 saturated carbocycles. The zero-order valence-electron chi connectivity index (χ0n) is 12.5. The number of hydrogen-bond donors (Lipinski definition) is 1. The number of pyridine rings is 1. The van der Waals surface area contributed by atoms with E-state index in [4.69, 9.17) is 14.4 Å². The van der Waals surface area contributed by atoms with Crippen molar-refractivity contribution in [2.75, 3.05) is 7.11 Å². The second-order valence-corrected chi connectivity index (χ2v) is 4.79. The Labute approximate surface area is 131 Å². The number of ether oxygens (including phenoxy) is 1. The van der Waals surface area contributed by atoms with Gasteiger partial charge in [0.2, 0.25) is 11.7 Å². The third kappa shape index (κ3) is 2.89. The molecule has 116 valence electrons. The van der Waals surface area contributed by atoms with Crippen molar-refractivity contribution in [1.82, 2.24) is 15.1 Å². The van der Waals surface area contributed by atoms with Crippen LogP contribution in [0, 0.1) is 6.92 Å². The number of hydrogen-bond acceptors (Lipinski definition) is 6. The number of nitrogens with zero attached hydrogens (tertiary/aromatic N) is 3. The van der Waals surface area contributed by atoms with Crippen molar-refractivity contribution < 1.29 is 19.2 Å². The van der Waals surface area contributed by atoms with E-state index < -0.39 is 5.97 Å². The fraction of sp³-hybridized carbons (Fsp3) is 0.125. The summed E-state index contributed by atoms with van der Waals surface area (Å²) in [6.45, 7) is 1.72. The van der Waals surface area contributed by atoms with Crippen LogP contribution in [0.1, 0.15) is 16.2 Å². The van der Waals surface area contributed by atoms with Crippen molar-refractivity contribution >= 4 is 5.97 Å². The fourth-order valence-electron chi connectivity index (χ4n) is 2.14. The largest absolute Gasteiger partial charge is 0.496 e. The first-order chi connectivity index (χ1) is 11.1. The summed E-state index contributed by atoms with van der Waals surface area (Å²) in [4.78, 5) is 19.2. The third-order valence-corrected chi connectivity index (χ3v) is 3.27. The summed E-state index contributed by atoms with van der Waals surface area (Å²) in [6, 6.07) is 8.57. The molecule has 3 rings (SSSR count). The number of carboxylic acids is 1. The van der Waals surface area contributed by atoms with Gasteiger partial charge in [-0.05, 0) is 24.3 Å². The quantitative estimate of drug-likeness (QED) is 0.791. The Morgan fingerprint density at radius 2 is 2.09 bits per heavy atom. The number of methoxy groups -OCH3 is 1. The van der Waals surface area contributed by atoms with E-state index in [0.717, 1.165) is 11.1 Å². The first-order valence-electron chi connectivity index (χ1n) is 6.77. The number of carbonyl (C=O) groups is 1. The molecule has 0 aliphatic heterocycles. The minimum Gasteiger partial charge on any atom is -0.496 e. The third-order valence-electron chi connectivity index (χ3n) is 3.27. The summed E-state index contributed by atoms with van der Waals surface area (Å²) in [6.07, 6.45) is 1.31. The van der Waals surface area contributed by atoms with Crippen LogP contribution in [0.5, 0.6) is 5.75 Å². The van der Waals surface area contributed by atoms with Crippen molar-refractivity contribution in [2.24, 2.45) is 0 Å². The standard InChI is InChI=1S/C16H13N3O4/c1-9-18-15(19-23-9)10-3-5-12(14(7-10)22-2)13-6-4-11(8-17-13)16(20)21/h3-8H,1-2H3,(H,20,21). The van der Waals surface area contributed by atoms with E-state index in [1.165, 1.54) is 12.3 Å². The van der Waals surface area contributed by atoms with E-state index in [9.17, 15) is 4.79 Å². The van der Waals surface area contributed by atoms with Crippen molar-refractivity contribution in [1.29, 1.82) is 0 Å². The first-order valence-corrected chi connectivity index (χ1v) is 6.77. The molecular formula is C16H13N3O4. The maximum atomic E-state index is 10.9. The van der Waals surface area contributed by atoms with Crippen molar-refractivity contribution in [3.8, 4) is 28.4 Å². The average Bonchev–Trinajstić information content (AvgIpc) is 3.01. The van der Waals surface area contributed by atoms with Crippen LogP contribution in [-0.4, -0.2) is 33.3 Å². The number of aromatic carboxylic acids is 1. The van der Waals surface area contributed by atoms with Gasteiger partial charge in [0.15, 0.2) is 0 Å². The van der Waals surface area contributed by atoms with Gasteiger partial charge in [-0.25, -0.2) is 4.79 Å². The van der Waals surface area contributed by atoms with Gasteiger partial charge < -0.3 is 14.4 Å². The molecule has 0 saturated heterocycles. The molecule has 0 fully saturated rings. The first kappa shape index (κ1) is 14.7. The van der Waals surface area contributed by atoms with Crippen LogP contribution in [0.3, 0.4) is 0 Å². The lowest BCUT2D eigenvalue weighted by atomic mass is 10.1. The van der Waals surface area contributed by atoms with E-state index in [1.807, 2.05) is 12.1 Å². The highest BCUT2D eigenvalue weighted by atomic mass is 16.5. The molecule has 0 atom stereocenters.